The molecule has 0 radical (unpaired) electrons. The van der Waals surface area contributed by atoms with Gasteiger partial charge in [-0.05, 0) is 33.3 Å². The molecule has 1 atom stereocenters. The van der Waals surface area contributed by atoms with Gasteiger partial charge in [0, 0.05) is 24.9 Å². The fourth-order valence-corrected chi connectivity index (χ4v) is 4.44. The van der Waals surface area contributed by atoms with Crippen LogP contribution in [0.1, 0.15) is 43.7 Å². The minimum Gasteiger partial charge on any atom is -0.383 e. The summed E-state index contributed by atoms with van der Waals surface area (Å²) >= 11 is 1.51. The zero-order chi connectivity index (χ0) is 21.0. The minimum absolute atomic E-state index is 0.0930. The van der Waals surface area contributed by atoms with Gasteiger partial charge < -0.3 is 9.30 Å². The van der Waals surface area contributed by atoms with Crippen molar-refractivity contribution < 1.29 is 9.53 Å². The molecule has 0 saturated heterocycles. The van der Waals surface area contributed by atoms with E-state index in [1.54, 1.807) is 7.11 Å². The number of nitrogens with zero attached hydrogens (tertiary/aromatic N) is 2. The summed E-state index contributed by atoms with van der Waals surface area (Å²) in [6.45, 7) is 9.46. The number of hydrogen-bond donors (Lipinski definition) is 0. The van der Waals surface area contributed by atoms with Gasteiger partial charge in [-0.25, -0.2) is 4.98 Å². The molecule has 0 N–H and O–H groups in total. The molecule has 1 aromatic heterocycles. The number of Topliss-reactive ketones (excluding diaryl/α,β-unsaturated/α-hetero) is 1. The highest BCUT2D eigenvalue weighted by atomic mass is 32.2. The zero-order valence-corrected chi connectivity index (χ0v) is 18.5. The number of aromatic nitrogens is 2. The van der Waals surface area contributed by atoms with Crippen LogP contribution in [-0.4, -0.2) is 29.1 Å². The maximum absolute atomic E-state index is 13.5. The first-order chi connectivity index (χ1) is 13.9. The molecule has 1 heterocycles. The first-order valence-electron chi connectivity index (χ1n) is 9.77. The molecular formula is C24H28N2O2S. The van der Waals surface area contributed by atoms with Crippen molar-refractivity contribution in [3.8, 4) is 0 Å². The third-order valence-electron chi connectivity index (χ3n) is 5.12. The summed E-state index contributed by atoms with van der Waals surface area (Å²) in [5.74, 6) is 0.0930. The van der Waals surface area contributed by atoms with Crippen LogP contribution in [0.15, 0.2) is 53.7 Å². The van der Waals surface area contributed by atoms with Crippen LogP contribution in [0.2, 0.25) is 0 Å². The predicted molar refractivity (Wildman–Crippen MR) is 119 cm³/mol. The molecule has 3 aromatic rings. The molecule has 0 spiro atoms. The number of imidazole rings is 1. The number of rotatable bonds is 8. The van der Waals surface area contributed by atoms with E-state index < -0.39 is 0 Å². The molecule has 0 fully saturated rings. The van der Waals surface area contributed by atoms with Crippen LogP contribution < -0.4 is 0 Å². The molecule has 0 bridgehead atoms. The normalized spacial score (nSPS) is 12.2. The highest BCUT2D eigenvalue weighted by molar-refractivity contribution is 8.00. The second kappa shape index (κ2) is 9.42. The van der Waals surface area contributed by atoms with E-state index in [1.807, 2.05) is 50.2 Å². The van der Waals surface area contributed by atoms with E-state index in [4.69, 9.17) is 9.72 Å². The number of carbonyl (C=O) groups is 1. The van der Waals surface area contributed by atoms with Crippen molar-refractivity contribution in [1.29, 1.82) is 0 Å². The van der Waals surface area contributed by atoms with Crippen LogP contribution in [0.5, 0.6) is 0 Å². The first-order valence-corrected chi connectivity index (χ1v) is 10.7. The van der Waals surface area contributed by atoms with Crippen molar-refractivity contribution in [2.75, 3.05) is 13.7 Å². The molecular weight excluding hydrogens is 380 g/mol. The average Bonchev–Trinajstić information content (AvgIpc) is 2.98. The Morgan fingerprint density at radius 2 is 1.59 bits per heavy atom. The third-order valence-corrected chi connectivity index (χ3v) is 6.36. The Kier molecular flexibility index (Phi) is 6.93. The number of aryl methyl sites for hydroxylation is 3. The summed E-state index contributed by atoms with van der Waals surface area (Å²) in [7, 11) is 1.70. The summed E-state index contributed by atoms with van der Waals surface area (Å²) < 4.78 is 7.42. The molecule has 29 heavy (non-hydrogen) atoms. The number of ether oxygens (including phenoxy) is 1. The molecule has 5 heteroatoms. The Labute approximate surface area is 177 Å². The van der Waals surface area contributed by atoms with Crippen molar-refractivity contribution in [3.05, 3.63) is 82.2 Å². The molecule has 152 valence electrons. The van der Waals surface area contributed by atoms with Gasteiger partial charge in [-0.3, -0.25) is 4.79 Å². The van der Waals surface area contributed by atoms with Gasteiger partial charge in [0.2, 0.25) is 0 Å². The third kappa shape index (κ3) is 4.98. The molecule has 3 rings (SSSR count). The quantitative estimate of drug-likeness (QED) is 0.366. The lowest BCUT2D eigenvalue weighted by Crippen LogP contribution is -2.13. The van der Waals surface area contributed by atoms with E-state index in [1.165, 1.54) is 17.3 Å². The van der Waals surface area contributed by atoms with Gasteiger partial charge in [-0.2, -0.15) is 0 Å². The van der Waals surface area contributed by atoms with Crippen LogP contribution in [0.25, 0.3) is 0 Å². The van der Waals surface area contributed by atoms with Gasteiger partial charge in [0.05, 0.1) is 12.3 Å². The smallest absolute Gasteiger partial charge is 0.180 e. The van der Waals surface area contributed by atoms with Gasteiger partial charge in [0.1, 0.15) is 5.25 Å². The van der Waals surface area contributed by atoms with Crippen molar-refractivity contribution in [2.45, 2.75) is 44.6 Å². The summed E-state index contributed by atoms with van der Waals surface area (Å²) in [4.78, 5) is 18.2. The number of benzene rings is 2. The number of ketones is 1. The van der Waals surface area contributed by atoms with E-state index in [0.717, 1.165) is 33.2 Å². The molecule has 0 aliphatic heterocycles. The average molecular weight is 409 g/mol. The fraction of sp³-hybridized carbons (Fsp3) is 0.333. The van der Waals surface area contributed by atoms with Crippen molar-refractivity contribution in [1.82, 2.24) is 9.55 Å². The van der Waals surface area contributed by atoms with Gasteiger partial charge >= 0.3 is 0 Å². The van der Waals surface area contributed by atoms with Gasteiger partial charge in [-0.1, -0.05) is 71.4 Å². The molecule has 4 nitrogen and oxygen atoms in total. The maximum Gasteiger partial charge on any atom is 0.180 e. The van der Waals surface area contributed by atoms with Crippen molar-refractivity contribution in [3.63, 3.8) is 0 Å². The number of hydrogen-bond acceptors (Lipinski definition) is 4. The summed E-state index contributed by atoms with van der Waals surface area (Å²) in [6.07, 6.45) is 0. The van der Waals surface area contributed by atoms with E-state index >= 15 is 0 Å². The molecule has 0 amide bonds. The number of thioether (sulfide) groups is 1. The minimum atomic E-state index is -0.360. The predicted octanol–water partition coefficient (Wildman–Crippen LogP) is 5.48. The van der Waals surface area contributed by atoms with Gasteiger partial charge in [0.25, 0.3) is 0 Å². The second-order valence-electron chi connectivity index (χ2n) is 7.35. The lowest BCUT2D eigenvalue weighted by Gasteiger charge is -2.17. The van der Waals surface area contributed by atoms with Crippen LogP contribution in [-0.2, 0) is 11.3 Å². The molecule has 0 saturated carbocycles. The number of carbonyl (C=O) groups excluding carboxylic acids is 1. The van der Waals surface area contributed by atoms with Crippen LogP contribution in [0.3, 0.4) is 0 Å². The van der Waals surface area contributed by atoms with Crippen LogP contribution in [0, 0.1) is 27.7 Å². The Hall–Kier alpha value is -2.37. The largest absolute Gasteiger partial charge is 0.383 e. The topological polar surface area (TPSA) is 44.1 Å². The van der Waals surface area contributed by atoms with Crippen LogP contribution >= 0.6 is 11.8 Å². The Bertz CT molecular complexity index is 975. The standard InChI is InChI=1S/C24H28N2O2S/c1-16-6-10-20(11-7-16)22(27)23(21-12-8-17(2)9-13-21)29-24-25-18(3)19(4)26(24)14-15-28-5/h6-13,23H,14-15H2,1-5H3. The second-order valence-corrected chi connectivity index (χ2v) is 8.42. The summed E-state index contributed by atoms with van der Waals surface area (Å²) in [5, 5.41) is 0.490. The fourth-order valence-electron chi connectivity index (χ4n) is 3.15. The van der Waals surface area contributed by atoms with Crippen molar-refractivity contribution in [2.24, 2.45) is 0 Å². The van der Waals surface area contributed by atoms with E-state index in [2.05, 4.69) is 30.5 Å². The summed E-state index contributed by atoms with van der Waals surface area (Å²) in [5.41, 5.74) is 6.11. The van der Waals surface area contributed by atoms with Gasteiger partial charge in [-0.15, -0.1) is 0 Å². The molecule has 0 aliphatic rings. The zero-order valence-electron chi connectivity index (χ0n) is 17.7. The van der Waals surface area contributed by atoms with Crippen LogP contribution in [0.4, 0.5) is 0 Å². The van der Waals surface area contributed by atoms with E-state index in [-0.39, 0.29) is 11.0 Å². The highest BCUT2D eigenvalue weighted by Gasteiger charge is 2.26. The molecule has 1 unspecified atom stereocenters. The SMILES string of the molecule is COCCn1c(SC(C(=O)c2ccc(C)cc2)c2ccc(C)cc2)nc(C)c1C. The highest BCUT2D eigenvalue weighted by Crippen LogP contribution is 2.38. The van der Waals surface area contributed by atoms with Gasteiger partial charge in [0.15, 0.2) is 10.9 Å². The Morgan fingerprint density at radius 1 is 1.00 bits per heavy atom. The lowest BCUT2D eigenvalue weighted by molar-refractivity contribution is 0.0989. The van der Waals surface area contributed by atoms with E-state index in [0.29, 0.717) is 13.2 Å². The maximum atomic E-state index is 13.5. The summed E-state index contributed by atoms with van der Waals surface area (Å²) in [6, 6.07) is 16.0. The van der Waals surface area contributed by atoms with E-state index in [9.17, 15) is 4.79 Å². The number of methoxy groups -OCH3 is 1. The van der Waals surface area contributed by atoms with Crippen molar-refractivity contribution >= 4 is 17.5 Å². The lowest BCUT2D eigenvalue weighted by atomic mass is 10.0. The molecule has 0 aliphatic carbocycles. The first kappa shape index (κ1) is 21.3. The Morgan fingerprint density at radius 3 is 2.17 bits per heavy atom. The monoisotopic (exact) mass is 408 g/mol. The molecule has 2 aromatic carbocycles. The Balaban J connectivity index is 2.00.